The van der Waals surface area contributed by atoms with Gasteiger partial charge in [0.2, 0.25) is 0 Å². The molecule has 2 atom stereocenters. The topological polar surface area (TPSA) is 15.3 Å². The lowest BCUT2D eigenvalue weighted by molar-refractivity contribution is 0.159. The van der Waals surface area contributed by atoms with Crippen molar-refractivity contribution < 1.29 is 0 Å². The molecule has 0 amide bonds. The molecule has 1 aliphatic heterocycles. The van der Waals surface area contributed by atoms with E-state index in [1.165, 1.54) is 48.9 Å². The van der Waals surface area contributed by atoms with Gasteiger partial charge in [0, 0.05) is 16.6 Å². The number of hydrogen-bond acceptors (Lipinski definition) is 2. The fourth-order valence-corrected chi connectivity index (χ4v) is 4.07. The van der Waals surface area contributed by atoms with E-state index in [2.05, 4.69) is 71.2 Å². The lowest BCUT2D eigenvalue weighted by Crippen LogP contribution is -2.42. The number of piperidine rings is 1. The Morgan fingerprint density at radius 3 is 2.52 bits per heavy atom. The summed E-state index contributed by atoms with van der Waals surface area (Å²) in [5.41, 5.74) is 1.35. The summed E-state index contributed by atoms with van der Waals surface area (Å²) in [6.07, 6.45) is 3.94. The minimum Gasteiger partial charge on any atom is -0.307 e. The Kier molecular flexibility index (Phi) is 6.72. The molecule has 21 heavy (non-hydrogen) atoms. The van der Waals surface area contributed by atoms with E-state index in [1.54, 1.807) is 0 Å². The molecule has 0 aliphatic carbocycles. The minimum absolute atomic E-state index is 0.393. The molecule has 1 heterocycles. The Bertz CT molecular complexity index is 427. The number of likely N-dealkylation sites (tertiary alicyclic amines) is 1. The second-order valence-corrected chi connectivity index (χ2v) is 7.23. The quantitative estimate of drug-likeness (QED) is 0.803. The molecule has 0 aromatic heterocycles. The molecule has 2 rings (SSSR count). The van der Waals surface area contributed by atoms with Gasteiger partial charge in [0.15, 0.2) is 0 Å². The van der Waals surface area contributed by atoms with Gasteiger partial charge in [-0.2, -0.15) is 0 Å². The van der Waals surface area contributed by atoms with E-state index >= 15 is 0 Å². The van der Waals surface area contributed by atoms with Crippen molar-refractivity contribution in [1.29, 1.82) is 0 Å². The van der Waals surface area contributed by atoms with Crippen LogP contribution in [0.1, 0.15) is 51.6 Å². The maximum absolute atomic E-state index is 3.80. The molecule has 2 nitrogen and oxygen atoms in total. The van der Waals surface area contributed by atoms with Crippen molar-refractivity contribution in [2.24, 2.45) is 5.92 Å². The van der Waals surface area contributed by atoms with E-state index in [0.29, 0.717) is 12.1 Å². The average molecular weight is 353 g/mol. The number of benzene rings is 1. The van der Waals surface area contributed by atoms with E-state index in [9.17, 15) is 0 Å². The smallest absolute Gasteiger partial charge is 0.0305 e. The first kappa shape index (κ1) is 17.0. The van der Waals surface area contributed by atoms with Gasteiger partial charge in [-0.1, -0.05) is 41.1 Å². The van der Waals surface area contributed by atoms with E-state index < -0.39 is 0 Å². The van der Waals surface area contributed by atoms with Crippen LogP contribution < -0.4 is 5.32 Å². The zero-order chi connectivity index (χ0) is 15.2. The maximum atomic E-state index is 3.80. The SMILES string of the molecule is CCCN1CCC(C(C)NC(C)c2ccccc2Br)CC1. The number of rotatable bonds is 6. The molecule has 3 heteroatoms. The van der Waals surface area contributed by atoms with Crippen LogP contribution in [0.3, 0.4) is 0 Å². The summed E-state index contributed by atoms with van der Waals surface area (Å²) in [6, 6.07) is 9.50. The molecule has 1 saturated heterocycles. The predicted molar refractivity (Wildman–Crippen MR) is 94.6 cm³/mol. The Hall–Kier alpha value is -0.380. The molecular weight excluding hydrogens is 324 g/mol. The van der Waals surface area contributed by atoms with Crippen LogP contribution in [0.25, 0.3) is 0 Å². The van der Waals surface area contributed by atoms with Gasteiger partial charge in [0.1, 0.15) is 0 Å². The van der Waals surface area contributed by atoms with E-state index in [4.69, 9.17) is 0 Å². The zero-order valence-electron chi connectivity index (χ0n) is 13.6. The second-order valence-electron chi connectivity index (χ2n) is 6.38. The molecule has 1 N–H and O–H groups in total. The molecule has 0 radical (unpaired) electrons. The van der Waals surface area contributed by atoms with Gasteiger partial charge in [-0.15, -0.1) is 0 Å². The minimum atomic E-state index is 0.393. The standard InChI is InChI=1S/C18H29BrN2/c1-4-11-21-12-9-16(10-13-21)14(2)20-15(3)17-7-5-6-8-18(17)19/h5-8,14-16,20H,4,9-13H2,1-3H3. The van der Waals surface area contributed by atoms with Crippen LogP contribution in [0.5, 0.6) is 0 Å². The second kappa shape index (κ2) is 8.30. The lowest BCUT2D eigenvalue weighted by Gasteiger charge is -2.36. The van der Waals surface area contributed by atoms with E-state index in [0.717, 1.165) is 5.92 Å². The van der Waals surface area contributed by atoms with Gasteiger partial charge < -0.3 is 10.2 Å². The van der Waals surface area contributed by atoms with Crippen LogP contribution in [-0.2, 0) is 0 Å². The predicted octanol–water partition coefficient (Wildman–Crippen LogP) is 4.61. The van der Waals surface area contributed by atoms with Gasteiger partial charge in [0.25, 0.3) is 0 Å². The van der Waals surface area contributed by atoms with Crippen LogP contribution >= 0.6 is 15.9 Å². The van der Waals surface area contributed by atoms with Gasteiger partial charge in [0.05, 0.1) is 0 Å². The van der Waals surface area contributed by atoms with Gasteiger partial charge in [-0.25, -0.2) is 0 Å². The number of nitrogens with one attached hydrogen (secondary N) is 1. The van der Waals surface area contributed by atoms with Gasteiger partial charge in [-0.05, 0) is 70.3 Å². The molecule has 1 aliphatic rings. The summed E-state index contributed by atoms with van der Waals surface area (Å²) in [5.74, 6) is 0.808. The van der Waals surface area contributed by atoms with Crippen molar-refractivity contribution >= 4 is 15.9 Å². The first-order chi connectivity index (χ1) is 10.1. The highest BCUT2D eigenvalue weighted by Gasteiger charge is 2.24. The van der Waals surface area contributed by atoms with Crippen LogP contribution in [-0.4, -0.2) is 30.6 Å². The van der Waals surface area contributed by atoms with Gasteiger partial charge in [-0.3, -0.25) is 0 Å². The Morgan fingerprint density at radius 1 is 1.24 bits per heavy atom. The van der Waals surface area contributed by atoms with Gasteiger partial charge >= 0.3 is 0 Å². The fourth-order valence-electron chi connectivity index (χ4n) is 3.44. The van der Waals surface area contributed by atoms with Crippen LogP contribution in [0.4, 0.5) is 0 Å². The molecular formula is C18H29BrN2. The third kappa shape index (κ3) is 4.80. The highest BCUT2D eigenvalue weighted by molar-refractivity contribution is 9.10. The van der Waals surface area contributed by atoms with Crippen LogP contribution in [0.15, 0.2) is 28.7 Å². The van der Waals surface area contributed by atoms with Crippen LogP contribution in [0.2, 0.25) is 0 Å². The van der Waals surface area contributed by atoms with Crippen molar-refractivity contribution in [2.75, 3.05) is 19.6 Å². The van der Waals surface area contributed by atoms with Crippen molar-refractivity contribution in [3.05, 3.63) is 34.3 Å². The Morgan fingerprint density at radius 2 is 1.90 bits per heavy atom. The van der Waals surface area contributed by atoms with Crippen molar-refractivity contribution in [2.45, 2.75) is 52.1 Å². The monoisotopic (exact) mass is 352 g/mol. The Labute approximate surface area is 138 Å². The molecule has 1 aromatic rings. The third-order valence-electron chi connectivity index (χ3n) is 4.76. The van der Waals surface area contributed by atoms with Crippen LogP contribution in [0, 0.1) is 5.92 Å². The van der Waals surface area contributed by atoms with Crippen molar-refractivity contribution in [3.8, 4) is 0 Å². The molecule has 1 fully saturated rings. The lowest BCUT2D eigenvalue weighted by atomic mass is 9.89. The summed E-state index contributed by atoms with van der Waals surface area (Å²) in [6.45, 7) is 10.7. The summed E-state index contributed by atoms with van der Waals surface area (Å²) in [7, 11) is 0. The summed E-state index contributed by atoms with van der Waals surface area (Å²) in [4.78, 5) is 2.61. The third-order valence-corrected chi connectivity index (χ3v) is 5.49. The fraction of sp³-hybridized carbons (Fsp3) is 0.667. The number of nitrogens with zero attached hydrogens (tertiary/aromatic N) is 1. The maximum Gasteiger partial charge on any atom is 0.0305 e. The first-order valence-electron chi connectivity index (χ1n) is 8.34. The summed E-state index contributed by atoms with van der Waals surface area (Å²) in [5, 5.41) is 3.80. The molecule has 1 aromatic carbocycles. The van der Waals surface area contributed by atoms with Crippen molar-refractivity contribution in [1.82, 2.24) is 10.2 Å². The zero-order valence-corrected chi connectivity index (χ0v) is 15.2. The highest BCUT2D eigenvalue weighted by atomic mass is 79.9. The number of halogens is 1. The summed E-state index contributed by atoms with van der Waals surface area (Å²) < 4.78 is 1.20. The first-order valence-corrected chi connectivity index (χ1v) is 9.14. The van der Waals surface area contributed by atoms with E-state index in [-0.39, 0.29) is 0 Å². The Balaban J connectivity index is 1.84. The molecule has 0 bridgehead atoms. The molecule has 0 spiro atoms. The number of hydrogen-bond donors (Lipinski definition) is 1. The average Bonchev–Trinajstić information content (AvgIpc) is 2.48. The largest absolute Gasteiger partial charge is 0.307 e. The summed E-state index contributed by atoms with van der Waals surface area (Å²) >= 11 is 3.66. The normalized spacial score (nSPS) is 20.4. The molecule has 118 valence electrons. The van der Waals surface area contributed by atoms with Crippen molar-refractivity contribution in [3.63, 3.8) is 0 Å². The highest BCUT2D eigenvalue weighted by Crippen LogP contribution is 2.26. The molecule has 0 saturated carbocycles. The van der Waals surface area contributed by atoms with E-state index in [1.807, 2.05) is 0 Å². The molecule has 2 unspecified atom stereocenters.